The summed E-state index contributed by atoms with van der Waals surface area (Å²) in [4.78, 5) is 11.5. The molecule has 1 unspecified atom stereocenters. The topological polar surface area (TPSA) is 41.0 Å². The van der Waals surface area contributed by atoms with Crippen molar-refractivity contribution in [3.63, 3.8) is 0 Å². The Morgan fingerprint density at radius 3 is 2.74 bits per heavy atom. The molecule has 2 rings (SSSR count). The van der Waals surface area contributed by atoms with Crippen LogP contribution in [0.15, 0.2) is 10.7 Å². The van der Waals surface area contributed by atoms with Crippen LogP contribution >= 0.6 is 15.9 Å². The van der Waals surface area contributed by atoms with Crippen LogP contribution < -0.4 is 5.32 Å². The Bertz CT molecular complexity index is 442. The van der Waals surface area contributed by atoms with Crippen molar-refractivity contribution in [2.24, 2.45) is 0 Å². The van der Waals surface area contributed by atoms with E-state index in [9.17, 15) is 0 Å². The zero-order chi connectivity index (χ0) is 14.0. The van der Waals surface area contributed by atoms with E-state index in [0.717, 1.165) is 22.8 Å². The molecule has 0 aliphatic carbocycles. The van der Waals surface area contributed by atoms with Crippen molar-refractivity contribution >= 4 is 21.7 Å². The normalized spacial score (nSPS) is 21.4. The van der Waals surface area contributed by atoms with E-state index in [-0.39, 0.29) is 5.41 Å². The van der Waals surface area contributed by atoms with Gasteiger partial charge in [0.2, 0.25) is 0 Å². The molecule has 0 bridgehead atoms. The molecule has 106 valence electrons. The van der Waals surface area contributed by atoms with Gasteiger partial charge in [-0.15, -0.1) is 0 Å². The van der Waals surface area contributed by atoms with Gasteiger partial charge in [0.25, 0.3) is 0 Å². The molecule has 0 aromatic carbocycles. The molecule has 1 atom stereocenters. The Balaban J connectivity index is 2.14. The van der Waals surface area contributed by atoms with Crippen molar-refractivity contribution < 1.29 is 0 Å². The number of nitrogens with one attached hydrogen (secondary N) is 1. The highest BCUT2D eigenvalue weighted by Gasteiger charge is 2.21. The third-order valence-electron chi connectivity index (χ3n) is 3.34. The van der Waals surface area contributed by atoms with Gasteiger partial charge >= 0.3 is 0 Å². The van der Waals surface area contributed by atoms with Gasteiger partial charge in [-0.2, -0.15) is 0 Å². The third-order valence-corrected chi connectivity index (χ3v) is 3.75. The lowest BCUT2D eigenvalue weighted by atomic mass is 9.96. The van der Waals surface area contributed by atoms with Crippen molar-refractivity contribution in [2.45, 2.75) is 45.1 Å². The zero-order valence-electron chi connectivity index (χ0n) is 12.2. The molecule has 1 saturated heterocycles. The Hall–Kier alpha value is -0.680. The lowest BCUT2D eigenvalue weighted by molar-refractivity contribution is 0.260. The molecule has 1 aliphatic rings. The minimum Gasteiger partial charge on any atom is -0.366 e. The fourth-order valence-electron chi connectivity index (χ4n) is 2.32. The summed E-state index contributed by atoms with van der Waals surface area (Å²) in [5.41, 5.74) is -0.0381. The van der Waals surface area contributed by atoms with E-state index < -0.39 is 0 Å². The summed E-state index contributed by atoms with van der Waals surface area (Å²) in [7, 11) is 2.17. The molecule has 1 N–H and O–H groups in total. The Morgan fingerprint density at radius 2 is 2.11 bits per heavy atom. The number of rotatable bonds is 2. The van der Waals surface area contributed by atoms with Gasteiger partial charge in [-0.3, -0.25) is 0 Å². The van der Waals surface area contributed by atoms with Crippen LogP contribution in [0, 0.1) is 0 Å². The molecule has 4 nitrogen and oxygen atoms in total. The molecule has 1 aliphatic heterocycles. The molecule has 1 aromatic heterocycles. The Morgan fingerprint density at radius 1 is 1.37 bits per heavy atom. The number of piperidine rings is 1. The summed E-state index contributed by atoms with van der Waals surface area (Å²) in [5.74, 6) is 1.79. The molecule has 0 spiro atoms. The van der Waals surface area contributed by atoms with E-state index in [0.29, 0.717) is 6.04 Å². The van der Waals surface area contributed by atoms with Gasteiger partial charge in [-0.25, -0.2) is 9.97 Å². The van der Waals surface area contributed by atoms with E-state index in [1.807, 2.05) is 6.07 Å². The van der Waals surface area contributed by atoms with Crippen LogP contribution in [-0.4, -0.2) is 41.0 Å². The largest absolute Gasteiger partial charge is 0.366 e. The van der Waals surface area contributed by atoms with E-state index in [1.165, 1.54) is 19.4 Å². The quantitative estimate of drug-likeness (QED) is 0.848. The second-order valence-electron chi connectivity index (χ2n) is 6.40. The molecule has 5 heteroatoms. The number of halogens is 1. The van der Waals surface area contributed by atoms with Crippen LogP contribution in [0.1, 0.15) is 39.4 Å². The summed E-state index contributed by atoms with van der Waals surface area (Å²) in [6.07, 6.45) is 2.45. The number of likely N-dealkylation sites (N-methyl/N-ethyl adjacent to an activating group) is 1. The van der Waals surface area contributed by atoms with Gasteiger partial charge in [0.15, 0.2) is 0 Å². The number of aromatic nitrogens is 2. The van der Waals surface area contributed by atoms with Crippen molar-refractivity contribution in [3.8, 4) is 0 Å². The fourth-order valence-corrected chi connectivity index (χ4v) is 2.71. The third kappa shape index (κ3) is 4.14. The zero-order valence-corrected chi connectivity index (χ0v) is 13.8. The van der Waals surface area contributed by atoms with E-state index in [2.05, 4.69) is 63.9 Å². The van der Waals surface area contributed by atoms with Crippen LogP contribution in [0.5, 0.6) is 0 Å². The Labute approximate surface area is 124 Å². The number of likely N-dealkylation sites (tertiary alicyclic amines) is 1. The minimum absolute atomic E-state index is 0.0381. The highest BCUT2D eigenvalue weighted by atomic mass is 79.9. The minimum atomic E-state index is -0.0381. The van der Waals surface area contributed by atoms with Crippen molar-refractivity contribution in [2.75, 3.05) is 25.5 Å². The standard InChI is InChI=1S/C14H23BrN4/c1-14(2,3)13-17-11(15)8-12(18-13)16-10-6-5-7-19(4)9-10/h8,10H,5-7,9H2,1-4H3,(H,16,17,18). The first-order chi connectivity index (χ1) is 8.84. The first-order valence-corrected chi connectivity index (χ1v) is 7.64. The van der Waals surface area contributed by atoms with E-state index >= 15 is 0 Å². The molecule has 0 saturated carbocycles. The maximum absolute atomic E-state index is 4.65. The van der Waals surface area contributed by atoms with Gasteiger partial charge < -0.3 is 10.2 Å². The summed E-state index contributed by atoms with van der Waals surface area (Å²) in [6.45, 7) is 8.66. The SMILES string of the molecule is CN1CCCC(Nc2cc(Br)nc(C(C)(C)C)n2)C1. The fraction of sp³-hybridized carbons (Fsp3) is 0.714. The van der Waals surface area contributed by atoms with Crippen LogP contribution in [0.4, 0.5) is 5.82 Å². The first-order valence-electron chi connectivity index (χ1n) is 6.85. The molecular formula is C14H23BrN4. The van der Waals surface area contributed by atoms with E-state index in [4.69, 9.17) is 0 Å². The van der Waals surface area contributed by atoms with Crippen LogP contribution in [0.2, 0.25) is 0 Å². The molecule has 2 heterocycles. The molecule has 1 aromatic rings. The van der Waals surface area contributed by atoms with Gasteiger partial charge in [-0.1, -0.05) is 20.8 Å². The highest BCUT2D eigenvalue weighted by molar-refractivity contribution is 9.10. The maximum atomic E-state index is 4.65. The monoisotopic (exact) mass is 326 g/mol. The van der Waals surface area contributed by atoms with Gasteiger partial charge in [-0.05, 0) is 42.4 Å². The summed E-state index contributed by atoms with van der Waals surface area (Å²) < 4.78 is 0.846. The number of hydrogen-bond donors (Lipinski definition) is 1. The van der Waals surface area contributed by atoms with Crippen LogP contribution in [0.25, 0.3) is 0 Å². The summed E-state index contributed by atoms with van der Waals surface area (Å²) in [6, 6.07) is 2.44. The van der Waals surface area contributed by atoms with Gasteiger partial charge in [0.1, 0.15) is 16.2 Å². The van der Waals surface area contributed by atoms with Crippen molar-refractivity contribution in [1.82, 2.24) is 14.9 Å². The van der Waals surface area contributed by atoms with Crippen LogP contribution in [-0.2, 0) is 5.41 Å². The number of anilines is 1. The summed E-state index contributed by atoms with van der Waals surface area (Å²) >= 11 is 3.48. The van der Waals surface area contributed by atoms with Crippen molar-refractivity contribution in [1.29, 1.82) is 0 Å². The second-order valence-corrected chi connectivity index (χ2v) is 7.21. The second kappa shape index (κ2) is 5.75. The Kier molecular flexibility index (Phi) is 4.46. The molecule has 1 fully saturated rings. The van der Waals surface area contributed by atoms with Gasteiger partial charge in [0.05, 0.1) is 0 Å². The molecular weight excluding hydrogens is 304 g/mol. The average Bonchev–Trinajstić information content (AvgIpc) is 2.26. The van der Waals surface area contributed by atoms with E-state index in [1.54, 1.807) is 0 Å². The van der Waals surface area contributed by atoms with Crippen LogP contribution in [0.3, 0.4) is 0 Å². The van der Waals surface area contributed by atoms with Gasteiger partial charge in [0, 0.05) is 24.1 Å². The molecule has 0 radical (unpaired) electrons. The maximum Gasteiger partial charge on any atom is 0.137 e. The predicted molar refractivity (Wildman–Crippen MR) is 82.6 cm³/mol. The highest BCUT2D eigenvalue weighted by Crippen LogP contribution is 2.23. The molecule has 0 amide bonds. The number of nitrogens with zero attached hydrogens (tertiary/aromatic N) is 3. The number of hydrogen-bond acceptors (Lipinski definition) is 4. The summed E-state index contributed by atoms with van der Waals surface area (Å²) in [5, 5.41) is 3.54. The predicted octanol–water partition coefficient (Wildman–Crippen LogP) is 3.04. The lowest BCUT2D eigenvalue weighted by Crippen LogP contribution is -2.40. The van der Waals surface area contributed by atoms with Crippen molar-refractivity contribution in [3.05, 3.63) is 16.5 Å². The average molecular weight is 327 g/mol. The first kappa shape index (κ1) is 14.7. The molecule has 19 heavy (non-hydrogen) atoms. The smallest absolute Gasteiger partial charge is 0.137 e. The lowest BCUT2D eigenvalue weighted by Gasteiger charge is -2.30.